The average molecular weight is 350 g/mol. The fourth-order valence-electron chi connectivity index (χ4n) is 2.86. The van der Waals surface area contributed by atoms with E-state index >= 15 is 0 Å². The van der Waals surface area contributed by atoms with Gasteiger partial charge in [-0.2, -0.15) is 0 Å². The fourth-order valence-corrected chi connectivity index (χ4v) is 2.86. The molecule has 0 saturated carbocycles. The van der Waals surface area contributed by atoms with Crippen molar-refractivity contribution in [1.29, 1.82) is 5.41 Å². The number of anilines is 1. The van der Waals surface area contributed by atoms with Crippen LogP contribution in [0.3, 0.4) is 0 Å². The van der Waals surface area contributed by atoms with Gasteiger partial charge < -0.3 is 10.7 Å². The Bertz CT molecular complexity index is 998. The molecule has 27 heavy (non-hydrogen) atoms. The Kier molecular flexibility index (Phi) is 5.80. The molecule has 2 nitrogen and oxygen atoms in total. The first-order valence-electron chi connectivity index (χ1n) is 8.76. The molecule has 0 fully saturated rings. The van der Waals surface area contributed by atoms with Crippen LogP contribution < -0.4 is 5.32 Å². The minimum atomic E-state index is 0.666. The number of rotatable bonds is 7. The molecule has 0 spiro atoms. The van der Waals surface area contributed by atoms with E-state index in [2.05, 4.69) is 42.7 Å². The van der Waals surface area contributed by atoms with E-state index in [1.54, 1.807) is 6.08 Å². The standard InChI is InChI=1S/C25H22N2/c1-3-20-10-7-8-15-25(20)27-24(18-26)16-19(2)22-13-9-14-23(17-22)21-11-5-4-6-12-21/h3-18,26-27H,1-2H2/b24-16+,26-18?. The van der Waals surface area contributed by atoms with Crippen molar-refractivity contribution < 1.29 is 0 Å². The maximum Gasteiger partial charge on any atom is 0.0569 e. The van der Waals surface area contributed by atoms with Crippen LogP contribution in [0.5, 0.6) is 0 Å². The van der Waals surface area contributed by atoms with Gasteiger partial charge in [0.05, 0.1) is 5.70 Å². The zero-order valence-corrected chi connectivity index (χ0v) is 15.2. The molecule has 0 aliphatic heterocycles. The van der Waals surface area contributed by atoms with Crippen LogP contribution in [-0.2, 0) is 0 Å². The highest BCUT2D eigenvalue weighted by Gasteiger charge is 2.04. The molecule has 0 amide bonds. The van der Waals surface area contributed by atoms with Crippen molar-refractivity contribution in [2.75, 3.05) is 5.32 Å². The van der Waals surface area contributed by atoms with Crippen LogP contribution in [0.4, 0.5) is 5.69 Å². The summed E-state index contributed by atoms with van der Waals surface area (Å²) in [6.45, 7) is 8.03. The normalized spacial score (nSPS) is 10.9. The Labute approximate surface area is 160 Å². The molecule has 132 valence electrons. The number of benzene rings is 3. The van der Waals surface area contributed by atoms with Crippen LogP contribution in [0.2, 0.25) is 0 Å². The minimum absolute atomic E-state index is 0.666. The highest BCUT2D eigenvalue weighted by molar-refractivity contribution is 5.88. The average Bonchev–Trinajstić information content (AvgIpc) is 2.74. The van der Waals surface area contributed by atoms with Gasteiger partial charge in [0.25, 0.3) is 0 Å². The van der Waals surface area contributed by atoms with E-state index in [0.29, 0.717) is 5.70 Å². The van der Waals surface area contributed by atoms with Gasteiger partial charge in [0.1, 0.15) is 0 Å². The molecule has 3 aromatic carbocycles. The first-order valence-corrected chi connectivity index (χ1v) is 8.76. The lowest BCUT2D eigenvalue weighted by Crippen LogP contribution is -2.02. The molecule has 0 saturated heterocycles. The second-order valence-corrected chi connectivity index (χ2v) is 6.13. The first-order chi connectivity index (χ1) is 13.2. The van der Waals surface area contributed by atoms with Crippen LogP contribution in [0, 0.1) is 5.41 Å². The van der Waals surface area contributed by atoms with E-state index < -0.39 is 0 Å². The van der Waals surface area contributed by atoms with Crippen molar-refractivity contribution in [2.45, 2.75) is 0 Å². The summed E-state index contributed by atoms with van der Waals surface area (Å²) in [4.78, 5) is 0. The van der Waals surface area contributed by atoms with Gasteiger partial charge in [-0.15, -0.1) is 0 Å². The summed E-state index contributed by atoms with van der Waals surface area (Å²) in [7, 11) is 0. The van der Waals surface area contributed by atoms with Gasteiger partial charge in [-0.05, 0) is 46.0 Å². The summed E-state index contributed by atoms with van der Waals surface area (Å²) >= 11 is 0. The molecule has 0 aromatic heterocycles. The zero-order chi connectivity index (χ0) is 19.1. The van der Waals surface area contributed by atoms with Crippen molar-refractivity contribution in [3.8, 4) is 11.1 Å². The van der Waals surface area contributed by atoms with Crippen molar-refractivity contribution >= 4 is 23.6 Å². The molecular formula is C25H22N2. The predicted octanol–water partition coefficient (Wildman–Crippen LogP) is 6.66. The Morgan fingerprint density at radius 3 is 2.30 bits per heavy atom. The molecule has 0 unspecified atom stereocenters. The van der Waals surface area contributed by atoms with Crippen LogP contribution in [0.1, 0.15) is 11.1 Å². The molecule has 0 aliphatic carbocycles. The number of para-hydroxylation sites is 1. The van der Waals surface area contributed by atoms with Gasteiger partial charge >= 0.3 is 0 Å². The molecule has 2 heteroatoms. The molecule has 0 heterocycles. The summed E-state index contributed by atoms with van der Waals surface area (Å²) in [6.07, 6.45) is 4.98. The van der Waals surface area contributed by atoms with Gasteiger partial charge in [-0.25, -0.2) is 0 Å². The third-order valence-corrected chi connectivity index (χ3v) is 4.29. The SMILES string of the molecule is C=Cc1ccccc1N/C(C=N)=C/C(=C)c1cccc(-c2ccccc2)c1. The van der Waals surface area contributed by atoms with Crippen molar-refractivity contribution in [1.82, 2.24) is 0 Å². The van der Waals surface area contributed by atoms with Gasteiger partial charge in [0.2, 0.25) is 0 Å². The number of hydrogen-bond donors (Lipinski definition) is 2. The van der Waals surface area contributed by atoms with Crippen LogP contribution >= 0.6 is 0 Å². The Balaban J connectivity index is 1.86. The lowest BCUT2D eigenvalue weighted by molar-refractivity contribution is 1.46. The van der Waals surface area contributed by atoms with Gasteiger partial charge in [0.15, 0.2) is 0 Å². The lowest BCUT2D eigenvalue weighted by atomic mass is 9.99. The molecule has 3 aromatic rings. The molecule has 0 aliphatic rings. The van der Waals surface area contributed by atoms with E-state index in [1.807, 2.05) is 60.7 Å². The Morgan fingerprint density at radius 1 is 0.852 bits per heavy atom. The first kappa shape index (κ1) is 18.2. The summed E-state index contributed by atoms with van der Waals surface area (Å²) in [6, 6.07) is 26.4. The summed E-state index contributed by atoms with van der Waals surface area (Å²) in [5.41, 5.74) is 6.74. The van der Waals surface area contributed by atoms with E-state index in [1.165, 1.54) is 11.8 Å². The van der Waals surface area contributed by atoms with E-state index in [4.69, 9.17) is 5.41 Å². The van der Waals surface area contributed by atoms with Gasteiger partial charge in [-0.3, -0.25) is 0 Å². The van der Waals surface area contributed by atoms with Crippen LogP contribution in [-0.4, -0.2) is 6.21 Å². The fraction of sp³-hybridized carbons (Fsp3) is 0. The van der Waals surface area contributed by atoms with Gasteiger partial charge in [0, 0.05) is 11.9 Å². The van der Waals surface area contributed by atoms with Crippen LogP contribution in [0.25, 0.3) is 22.8 Å². The molecule has 0 bridgehead atoms. The van der Waals surface area contributed by atoms with Crippen LogP contribution in [0.15, 0.2) is 104 Å². The smallest absolute Gasteiger partial charge is 0.0569 e. The number of allylic oxidation sites excluding steroid dienone is 3. The monoisotopic (exact) mass is 350 g/mol. The predicted molar refractivity (Wildman–Crippen MR) is 118 cm³/mol. The molecule has 0 atom stereocenters. The van der Waals surface area contributed by atoms with Crippen molar-refractivity contribution in [3.63, 3.8) is 0 Å². The zero-order valence-electron chi connectivity index (χ0n) is 15.2. The maximum absolute atomic E-state index is 7.75. The van der Waals surface area contributed by atoms with Crippen molar-refractivity contribution in [3.05, 3.63) is 115 Å². The Morgan fingerprint density at radius 2 is 1.56 bits per heavy atom. The van der Waals surface area contributed by atoms with Crippen molar-refractivity contribution in [2.24, 2.45) is 0 Å². The highest BCUT2D eigenvalue weighted by Crippen LogP contribution is 2.25. The summed E-state index contributed by atoms with van der Waals surface area (Å²) in [5.74, 6) is 0. The maximum atomic E-state index is 7.75. The summed E-state index contributed by atoms with van der Waals surface area (Å²) in [5, 5.41) is 11.0. The Hall–Kier alpha value is -3.65. The van der Waals surface area contributed by atoms with Gasteiger partial charge in [-0.1, -0.05) is 86.0 Å². The quantitative estimate of drug-likeness (QED) is 0.363. The molecule has 3 rings (SSSR count). The third-order valence-electron chi connectivity index (χ3n) is 4.29. The van der Waals surface area contributed by atoms with E-state index in [9.17, 15) is 0 Å². The number of hydrogen-bond acceptors (Lipinski definition) is 2. The third kappa shape index (κ3) is 4.50. The largest absolute Gasteiger partial charge is 0.354 e. The second kappa shape index (κ2) is 8.63. The van der Waals surface area contributed by atoms with E-state index in [0.717, 1.165) is 28.0 Å². The molecule has 2 N–H and O–H groups in total. The number of nitrogens with one attached hydrogen (secondary N) is 2. The van der Waals surface area contributed by atoms with E-state index in [-0.39, 0.29) is 0 Å². The minimum Gasteiger partial charge on any atom is -0.354 e. The molecular weight excluding hydrogens is 328 g/mol. The summed E-state index contributed by atoms with van der Waals surface area (Å²) < 4.78 is 0. The second-order valence-electron chi connectivity index (χ2n) is 6.13. The lowest BCUT2D eigenvalue weighted by Gasteiger charge is -2.11. The topological polar surface area (TPSA) is 35.9 Å². The highest BCUT2D eigenvalue weighted by atomic mass is 14.9. The molecule has 0 radical (unpaired) electrons.